The van der Waals surface area contributed by atoms with E-state index in [1.165, 1.54) is 6.07 Å². The lowest BCUT2D eigenvalue weighted by molar-refractivity contribution is -0.138. The van der Waals surface area contributed by atoms with Crippen LogP contribution in [0.2, 0.25) is 0 Å². The van der Waals surface area contributed by atoms with Gasteiger partial charge in [-0.05, 0) is 108 Å². The molecule has 22 heteroatoms. The molecule has 8 aliphatic rings. The van der Waals surface area contributed by atoms with Crippen LogP contribution >= 0.6 is 0 Å². The van der Waals surface area contributed by atoms with Gasteiger partial charge >= 0.3 is 18.2 Å². The summed E-state index contributed by atoms with van der Waals surface area (Å²) >= 11 is 0. The number of nitrogens with zero attached hydrogens (tertiary/aromatic N) is 10. The Bertz CT molecular complexity index is 3800. The normalized spacial score (nSPS) is 24.1. The van der Waals surface area contributed by atoms with Crippen molar-refractivity contribution in [2.75, 3.05) is 81.9 Å². The number of ether oxygens (including phenoxy) is 3. The van der Waals surface area contributed by atoms with Gasteiger partial charge in [0.2, 0.25) is 17.7 Å². The largest absolute Gasteiger partial charge is 0.461 e. The number of pyridine rings is 1. The summed E-state index contributed by atoms with van der Waals surface area (Å²) in [6, 6.07) is 12.7. The number of hydrogen-bond acceptors (Lipinski definition) is 16. The van der Waals surface area contributed by atoms with Crippen LogP contribution in [0.1, 0.15) is 117 Å². The van der Waals surface area contributed by atoms with Crippen LogP contribution in [0.25, 0.3) is 32.9 Å². The van der Waals surface area contributed by atoms with Gasteiger partial charge in [0.25, 0.3) is 11.8 Å². The highest BCUT2D eigenvalue weighted by atomic mass is 19.1. The number of halogens is 1. The minimum atomic E-state index is -1.04. The van der Waals surface area contributed by atoms with Crippen molar-refractivity contribution in [1.82, 2.24) is 44.8 Å². The number of fused-ring (bicyclic) bond motifs is 6. The van der Waals surface area contributed by atoms with Crippen molar-refractivity contribution in [1.29, 1.82) is 0 Å². The van der Waals surface area contributed by atoms with Crippen LogP contribution in [0, 0.1) is 24.1 Å². The molecule has 7 fully saturated rings. The zero-order chi connectivity index (χ0) is 61.5. The van der Waals surface area contributed by atoms with E-state index in [4.69, 9.17) is 35.6 Å². The number of piperazine rings is 2. The molecule has 5 aromatic rings. The van der Waals surface area contributed by atoms with E-state index in [2.05, 4.69) is 32.5 Å². The lowest BCUT2D eigenvalue weighted by Crippen LogP contribution is -2.57. The first-order valence-corrected chi connectivity index (χ1v) is 30.8. The van der Waals surface area contributed by atoms with Gasteiger partial charge in [-0.2, -0.15) is 9.97 Å². The van der Waals surface area contributed by atoms with Crippen LogP contribution in [-0.2, 0) is 30.3 Å². The predicted octanol–water partition coefficient (Wildman–Crippen LogP) is 7.26. The number of aromatic nitrogens is 3. The zero-order valence-corrected chi connectivity index (χ0v) is 50.1. The zero-order valence-electron chi connectivity index (χ0n) is 50.1. The molecular weight excluding hydrogens is 1130 g/mol. The second-order valence-corrected chi connectivity index (χ2v) is 25.8. The van der Waals surface area contributed by atoms with Crippen LogP contribution in [0.5, 0.6) is 6.01 Å². The minimum Gasteiger partial charge on any atom is -0.461 e. The summed E-state index contributed by atoms with van der Waals surface area (Å²) in [5, 5.41) is 4.33. The van der Waals surface area contributed by atoms with E-state index < -0.39 is 52.7 Å². The molecule has 2 bridgehead atoms. The second-order valence-electron chi connectivity index (χ2n) is 25.8. The Morgan fingerprint density at radius 1 is 0.852 bits per heavy atom. The topological polar surface area (TPSA) is 221 Å². The smallest absolute Gasteiger partial charge is 0.410 e. The Morgan fingerprint density at radius 2 is 1.59 bits per heavy atom. The molecule has 2 aromatic heterocycles. The molecule has 7 saturated heterocycles. The van der Waals surface area contributed by atoms with Gasteiger partial charge in [0.1, 0.15) is 36.5 Å². The lowest BCUT2D eigenvalue weighted by Gasteiger charge is -2.42. The van der Waals surface area contributed by atoms with E-state index in [0.717, 1.165) is 58.2 Å². The molecule has 13 rings (SSSR count). The summed E-state index contributed by atoms with van der Waals surface area (Å²) in [4.78, 5) is 121. The second kappa shape index (κ2) is 22.8. The van der Waals surface area contributed by atoms with Crippen molar-refractivity contribution in [3.8, 4) is 29.6 Å². The Kier molecular flexibility index (Phi) is 15.1. The van der Waals surface area contributed by atoms with E-state index in [-0.39, 0.29) is 84.8 Å². The van der Waals surface area contributed by atoms with E-state index in [1.54, 1.807) is 35.4 Å². The first-order valence-electron chi connectivity index (χ1n) is 30.8. The van der Waals surface area contributed by atoms with E-state index in [1.807, 2.05) is 55.7 Å². The van der Waals surface area contributed by atoms with Gasteiger partial charge < -0.3 is 33.8 Å². The summed E-state index contributed by atoms with van der Waals surface area (Å²) in [7, 11) is 0. The lowest BCUT2D eigenvalue weighted by atomic mass is 9.93. The highest BCUT2D eigenvalue weighted by molar-refractivity contribution is 6.23. The summed E-state index contributed by atoms with van der Waals surface area (Å²) in [6.07, 6.45) is 12.6. The van der Waals surface area contributed by atoms with Gasteiger partial charge in [-0.3, -0.25) is 49.0 Å². The van der Waals surface area contributed by atoms with Crippen LogP contribution in [0.15, 0.2) is 66.9 Å². The molecule has 0 radical (unpaired) electrons. The van der Waals surface area contributed by atoms with E-state index in [0.29, 0.717) is 113 Å². The number of imide groups is 2. The third-order valence-electron chi connectivity index (χ3n) is 19.3. The van der Waals surface area contributed by atoms with E-state index >= 15 is 4.39 Å². The molecule has 21 nitrogen and oxygen atoms in total. The molecule has 88 heavy (non-hydrogen) atoms. The van der Waals surface area contributed by atoms with Crippen LogP contribution in [0.4, 0.5) is 25.5 Å². The number of hydrogen-bond donors (Lipinski definition) is 1. The number of piperidine rings is 2. The molecule has 0 saturated carbocycles. The van der Waals surface area contributed by atoms with Crippen molar-refractivity contribution < 1.29 is 52.2 Å². The number of terminal acetylenes is 1. The molecule has 0 aliphatic carbocycles. The van der Waals surface area contributed by atoms with Gasteiger partial charge in [-0.15, -0.1) is 6.42 Å². The third-order valence-corrected chi connectivity index (χ3v) is 19.3. The predicted molar refractivity (Wildman–Crippen MR) is 324 cm³/mol. The maximum absolute atomic E-state index is 15.4. The average molecular weight is 1200 g/mol. The Morgan fingerprint density at radius 3 is 2.31 bits per heavy atom. The minimum absolute atomic E-state index is 0.0407. The van der Waals surface area contributed by atoms with Gasteiger partial charge in [0, 0.05) is 106 Å². The SMILES string of the molecule is C#Cc1c(F)ccc2cccc(-c3ncc4c(N5CC6CCC(C5)N6C(=O)OC(C)(C)C)nc(OCC56CCC(COC(=O)N7CCN(C(=O)C8CCN(c9ccc%10c(c9)C(=O)N(C9CCC(=O)NC9=O)C%10=O)CC8)CC7)N5CC(=C)C6)nc4c3CC)c12. The molecular formula is C66H72FN11O10. The number of anilines is 2. The highest BCUT2D eigenvalue weighted by Crippen LogP contribution is 2.46. The average Bonchev–Trinajstić information content (AvgIpc) is 1.79. The Balaban J connectivity index is 0.658. The van der Waals surface area contributed by atoms with E-state index in [9.17, 15) is 33.6 Å². The number of aryl methyl sites for hydroxylation is 1. The highest BCUT2D eigenvalue weighted by Gasteiger charge is 2.52. The van der Waals surface area contributed by atoms with Crippen LogP contribution in [0.3, 0.4) is 0 Å². The first-order chi connectivity index (χ1) is 42.3. The van der Waals surface area contributed by atoms with Gasteiger partial charge in [-0.25, -0.2) is 14.0 Å². The summed E-state index contributed by atoms with van der Waals surface area (Å²) in [5.74, 6) is 0.358. The van der Waals surface area contributed by atoms with Crippen molar-refractivity contribution in [2.24, 2.45) is 5.92 Å². The van der Waals surface area contributed by atoms with Crippen molar-refractivity contribution in [3.63, 3.8) is 0 Å². The number of amides is 7. The summed E-state index contributed by atoms with van der Waals surface area (Å²) in [6.45, 7) is 16.7. The number of rotatable bonds is 11. The van der Waals surface area contributed by atoms with Crippen molar-refractivity contribution in [3.05, 3.63) is 95.0 Å². The fraction of sp³-hybridized carbons (Fsp3) is 0.485. The molecule has 3 aromatic carbocycles. The number of carbonyl (C=O) groups excluding carboxylic acids is 7. The summed E-state index contributed by atoms with van der Waals surface area (Å²) in [5.41, 5.74) is 4.06. The standard InChI is InChI=1S/C66H72FN11O10/c1-7-45-51(67)17-12-39-10-9-11-48(54(39)45)55-46(8-2)56-50(32-68-55)57(75-34-42-13-14-43(35-75)77(42)64(85)88-65(4,5)6)71-62(70-56)87-37-66-23-20-44(76(66)33-38(3)31-66)36-86-63(84)74-28-26-73(27-29-74)59(81)40-21-24-72(25-22-40)41-15-16-47-49(30-41)61(83)78(60(47)82)52-18-19-53(79)69-58(52)80/h1,9-12,15-17,30,32,40,42-44,52H,3,8,13-14,18-29,31,33-37H2,2,4-6H3,(H,69,79,80). The molecule has 7 amide bonds. The number of carbonyl (C=O) groups is 7. The summed E-state index contributed by atoms with van der Waals surface area (Å²) < 4.78 is 34.2. The van der Waals surface area contributed by atoms with Gasteiger partial charge in [-0.1, -0.05) is 49.3 Å². The Hall–Kier alpha value is -8.71. The fourth-order valence-corrected chi connectivity index (χ4v) is 15.0. The maximum Gasteiger partial charge on any atom is 0.410 e. The quantitative estimate of drug-likeness (QED) is 0.0781. The van der Waals surface area contributed by atoms with Crippen molar-refractivity contribution in [2.45, 2.75) is 127 Å². The molecule has 458 valence electrons. The maximum atomic E-state index is 15.4. The number of benzene rings is 3. The van der Waals surface area contributed by atoms with Crippen LogP contribution in [-0.4, -0.2) is 189 Å². The van der Waals surface area contributed by atoms with Crippen LogP contribution < -0.4 is 19.9 Å². The number of nitrogens with one attached hydrogen (secondary N) is 1. The molecule has 1 N–H and O–H groups in total. The molecule has 0 spiro atoms. The van der Waals surface area contributed by atoms with Gasteiger partial charge in [0.05, 0.1) is 50.9 Å². The molecule has 10 heterocycles. The molecule has 5 unspecified atom stereocenters. The van der Waals surface area contributed by atoms with Gasteiger partial charge in [0.15, 0.2) is 0 Å². The molecule has 8 aliphatic heterocycles. The first kappa shape index (κ1) is 58.3. The Labute approximate surface area is 509 Å². The molecule has 5 atom stereocenters. The monoisotopic (exact) mass is 1200 g/mol. The van der Waals surface area contributed by atoms with Crippen molar-refractivity contribution >= 4 is 74.9 Å². The fourth-order valence-electron chi connectivity index (χ4n) is 15.0. The third kappa shape index (κ3) is 10.5.